The number of halogens is 2. The highest BCUT2D eigenvalue weighted by atomic mass is 79.9. The van der Waals surface area contributed by atoms with Crippen molar-refractivity contribution in [1.29, 1.82) is 5.26 Å². The second-order valence-electron chi connectivity index (χ2n) is 3.79. The highest BCUT2D eigenvalue weighted by Crippen LogP contribution is 2.26. The van der Waals surface area contributed by atoms with E-state index in [4.69, 9.17) is 10.00 Å². The third-order valence-electron chi connectivity index (χ3n) is 2.41. The van der Waals surface area contributed by atoms with Crippen LogP contribution in [0.2, 0.25) is 0 Å². The van der Waals surface area contributed by atoms with Crippen molar-refractivity contribution in [1.82, 2.24) is 0 Å². The fourth-order valence-corrected chi connectivity index (χ4v) is 1.81. The van der Waals surface area contributed by atoms with Crippen LogP contribution >= 0.6 is 15.9 Å². The molecule has 0 unspecified atom stereocenters. The first-order chi connectivity index (χ1) is 8.70. The van der Waals surface area contributed by atoms with Gasteiger partial charge in [0.15, 0.2) is 5.82 Å². The summed E-state index contributed by atoms with van der Waals surface area (Å²) < 4.78 is 19.3. The quantitative estimate of drug-likeness (QED) is 0.781. The van der Waals surface area contributed by atoms with Crippen LogP contribution < -0.4 is 5.32 Å². The molecule has 1 N–H and O–H groups in total. The van der Waals surface area contributed by atoms with Crippen molar-refractivity contribution < 1.29 is 9.13 Å². The summed E-state index contributed by atoms with van der Waals surface area (Å²) >= 11 is 3.07. The molecule has 5 heteroatoms. The van der Waals surface area contributed by atoms with Gasteiger partial charge in [-0.1, -0.05) is 13.3 Å². The predicted octanol–water partition coefficient (Wildman–Crippen LogP) is 3.69. The standard InChI is InChI=1S/C13H16BrFN2O/c1-2-3-7-18-8-6-17-11-5-4-10(9-16)12(14)13(11)15/h4-5,17H,2-3,6-8H2,1H3. The van der Waals surface area contributed by atoms with Crippen molar-refractivity contribution >= 4 is 21.6 Å². The highest BCUT2D eigenvalue weighted by Gasteiger charge is 2.10. The molecule has 1 aromatic carbocycles. The molecule has 0 saturated carbocycles. The first kappa shape index (κ1) is 14.9. The predicted molar refractivity (Wildman–Crippen MR) is 73.0 cm³/mol. The maximum Gasteiger partial charge on any atom is 0.161 e. The molecule has 3 nitrogen and oxygen atoms in total. The van der Waals surface area contributed by atoms with Crippen LogP contribution in [0.4, 0.5) is 10.1 Å². The number of rotatable bonds is 7. The van der Waals surface area contributed by atoms with Crippen molar-refractivity contribution in [2.24, 2.45) is 0 Å². The van der Waals surface area contributed by atoms with E-state index in [1.807, 2.05) is 6.07 Å². The van der Waals surface area contributed by atoms with Crippen LogP contribution in [-0.2, 0) is 4.74 Å². The molecule has 1 rings (SSSR count). The minimum atomic E-state index is -0.442. The molecule has 18 heavy (non-hydrogen) atoms. The molecule has 1 aromatic rings. The average Bonchev–Trinajstić information content (AvgIpc) is 2.38. The van der Waals surface area contributed by atoms with Gasteiger partial charge in [0.25, 0.3) is 0 Å². The molecule has 0 aliphatic carbocycles. The maximum absolute atomic E-state index is 13.8. The molecule has 0 atom stereocenters. The summed E-state index contributed by atoms with van der Waals surface area (Å²) in [5, 5.41) is 11.7. The lowest BCUT2D eigenvalue weighted by molar-refractivity contribution is 0.141. The van der Waals surface area contributed by atoms with E-state index in [1.54, 1.807) is 12.1 Å². The zero-order valence-corrected chi connectivity index (χ0v) is 11.9. The van der Waals surface area contributed by atoms with Gasteiger partial charge < -0.3 is 10.1 Å². The van der Waals surface area contributed by atoms with Gasteiger partial charge in [-0.2, -0.15) is 5.26 Å². The van der Waals surface area contributed by atoms with Crippen molar-refractivity contribution in [3.05, 3.63) is 28.0 Å². The van der Waals surface area contributed by atoms with Crippen LogP contribution in [0.25, 0.3) is 0 Å². The number of hydrogen-bond donors (Lipinski definition) is 1. The van der Waals surface area contributed by atoms with E-state index in [-0.39, 0.29) is 10.0 Å². The number of nitrogens with zero attached hydrogens (tertiary/aromatic N) is 1. The number of hydrogen-bond acceptors (Lipinski definition) is 3. The van der Waals surface area contributed by atoms with E-state index in [0.717, 1.165) is 19.4 Å². The second kappa shape index (κ2) is 8.06. The fraction of sp³-hybridized carbons (Fsp3) is 0.462. The summed E-state index contributed by atoms with van der Waals surface area (Å²) in [4.78, 5) is 0. The van der Waals surface area contributed by atoms with Gasteiger partial charge in [0.2, 0.25) is 0 Å². The summed E-state index contributed by atoms with van der Waals surface area (Å²) in [6.45, 7) is 3.92. The van der Waals surface area contributed by atoms with Gasteiger partial charge in [0, 0.05) is 13.2 Å². The number of benzene rings is 1. The van der Waals surface area contributed by atoms with Crippen molar-refractivity contribution in [3.8, 4) is 6.07 Å². The maximum atomic E-state index is 13.8. The Balaban J connectivity index is 2.44. The summed E-state index contributed by atoms with van der Waals surface area (Å²) in [5.74, 6) is -0.442. The van der Waals surface area contributed by atoms with E-state index < -0.39 is 5.82 Å². The molecule has 0 aliphatic heterocycles. The lowest BCUT2D eigenvalue weighted by atomic mass is 10.2. The third kappa shape index (κ3) is 4.28. The van der Waals surface area contributed by atoms with Crippen molar-refractivity contribution in [3.63, 3.8) is 0 Å². The molecular weight excluding hydrogens is 299 g/mol. The Kier molecular flexibility index (Phi) is 6.69. The van der Waals surface area contributed by atoms with Crippen molar-refractivity contribution in [2.45, 2.75) is 19.8 Å². The third-order valence-corrected chi connectivity index (χ3v) is 3.18. The number of ether oxygens (including phenoxy) is 1. The topological polar surface area (TPSA) is 45.0 Å². The minimum absolute atomic E-state index is 0.196. The van der Waals surface area contributed by atoms with Crippen LogP contribution in [0.15, 0.2) is 16.6 Å². The van der Waals surface area contributed by atoms with Gasteiger partial charge in [-0.3, -0.25) is 0 Å². The second-order valence-corrected chi connectivity index (χ2v) is 4.59. The number of nitrogens with one attached hydrogen (secondary N) is 1. The smallest absolute Gasteiger partial charge is 0.161 e. The lowest BCUT2D eigenvalue weighted by Gasteiger charge is -2.09. The average molecular weight is 315 g/mol. The SMILES string of the molecule is CCCCOCCNc1ccc(C#N)c(Br)c1F. The van der Waals surface area contributed by atoms with Crippen LogP contribution in [0.5, 0.6) is 0 Å². The molecule has 0 radical (unpaired) electrons. The Morgan fingerprint density at radius 1 is 1.44 bits per heavy atom. The molecular formula is C13H16BrFN2O. The van der Waals surface area contributed by atoms with Crippen LogP contribution in [0.3, 0.4) is 0 Å². The molecule has 0 spiro atoms. The molecule has 0 aliphatic rings. The Morgan fingerprint density at radius 3 is 2.89 bits per heavy atom. The molecule has 0 heterocycles. The van der Waals surface area contributed by atoms with Crippen LogP contribution in [0.1, 0.15) is 25.3 Å². The Labute approximate surface area is 115 Å². The van der Waals surface area contributed by atoms with Gasteiger partial charge in [-0.05, 0) is 34.5 Å². The summed E-state index contributed by atoms with van der Waals surface area (Å²) in [7, 11) is 0. The first-order valence-corrected chi connectivity index (χ1v) is 6.69. The molecule has 0 amide bonds. The minimum Gasteiger partial charge on any atom is -0.380 e. The van der Waals surface area contributed by atoms with Crippen LogP contribution in [0, 0.1) is 17.1 Å². The Bertz CT molecular complexity index is 432. The summed E-state index contributed by atoms with van der Waals surface area (Å²) in [6, 6.07) is 5.05. The molecule has 0 aromatic heterocycles. The van der Waals surface area contributed by atoms with Gasteiger partial charge in [-0.15, -0.1) is 0 Å². The van der Waals surface area contributed by atoms with Gasteiger partial charge in [0.1, 0.15) is 6.07 Å². The van der Waals surface area contributed by atoms with E-state index in [0.29, 0.717) is 18.8 Å². The van der Waals surface area contributed by atoms with E-state index in [1.165, 1.54) is 0 Å². The van der Waals surface area contributed by atoms with Crippen molar-refractivity contribution in [2.75, 3.05) is 25.1 Å². The molecule has 0 bridgehead atoms. The number of nitriles is 1. The van der Waals surface area contributed by atoms with E-state index >= 15 is 0 Å². The number of unbranched alkanes of at least 4 members (excludes halogenated alkanes) is 1. The normalized spacial score (nSPS) is 10.1. The fourth-order valence-electron chi connectivity index (χ4n) is 1.38. The monoisotopic (exact) mass is 314 g/mol. The molecule has 0 fully saturated rings. The zero-order valence-electron chi connectivity index (χ0n) is 10.3. The zero-order chi connectivity index (χ0) is 13.4. The van der Waals surface area contributed by atoms with Gasteiger partial charge >= 0.3 is 0 Å². The summed E-state index contributed by atoms with van der Waals surface area (Å²) in [6.07, 6.45) is 2.14. The largest absolute Gasteiger partial charge is 0.380 e. The summed E-state index contributed by atoms with van der Waals surface area (Å²) in [5.41, 5.74) is 0.664. The van der Waals surface area contributed by atoms with Gasteiger partial charge in [-0.25, -0.2) is 4.39 Å². The lowest BCUT2D eigenvalue weighted by Crippen LogP contribution is -2.11. The Morgan fingerprint density at radius 2 is 2.22 bits per heavy atom. The number of anilines is 1. The molecule has 98 valence electrons. The van der Waals surface area contributed by atoms with E-state index in [9.17, 15) is 4.39 Å². The van der Waals surface area contributed by atoms with Crippen LogP contribution in [-0.4, -0.2) is 19.8 Å². The van der Waals surface area contributed by atoms with Gasteiger partial charge in [0.05, 0.1) is 22.3 Å². The Hall–Kier alpha value is -1.12. The first-order valence-electron chi connectivity index (χ1n) is 5.90. The highest BCUT2D eigenvalue weighted by molar-refractivity contribution is 9.10. The molecule has 0 saturated heterocycles. The van der Waals surface area contributed by atoms with E-state index in [2.05, 4.69) is 28.2 Å².